The third kappa shape index (κ3) is 6.98. The molecule has 4 aromatic rings. The van der Waals surface area contributed by atoms with Gasteiger partial charge in [0.15, 0.2) is 0 Å². The number of hydrogen-bond acceptors (Lipinski definition) is 8. The van der Waals surface area contributed by atoms with Crippen LogP contribution in [-0.4, -0.2) is 94.4 Å². The van der Waals surface area contributed by atoms with Crippen molar-refractivity contribution < 1.29 is 27.0 Å². The van der Waals surface area contributed by atoms with Crippen molar-refractivity contribution in [2.75, 3.05) is 25.9 Å². The molecule has 13 nitrogen and oxygen atoms in total. The molecule has 2 aliphatic rings. The van der Waals surface area contributed by atoms with Gasteiger partial charge in [0.1, 0.15) is 18.0 Å². The van der Waals surface area contributed by atoms with E-state index in [1.165, 1.54) is 22.0 Å². The predicted molar refractivity (Wildman–Crippen MR) is 174 cm³/mol. The Bertz CT molecular complexity index is 1900. The minimum absolute atomic E-state index is 0.0686. The minimum Gasteiger partial charge on any atom is -0.383 e. The Hall–Kier alpha value is -5.21. The molecule has 4 amide bonds. The van der Waals surface area contributed by atoms with E-state index in [2.05, 4.69) is 22.1 Å². The number of hydrogen-bond donors (Lipinski definition) is 2. The number of urea groups is 1. The third-order valence-electron chi connectivity index (χ3n) is 8.19. The molecule has 14 heteroatoms. The van der Waals surface area contributed by atoms with Crippen molar-refractivity contribution in [1.29, 1.82) is 0 Å². The Labute approximate surface area is 272 Å². The summed E-state index contributed by atoms with van der Waals surface area (Å²) in [6.07, 6.45) is 3.61. The zero-order valence-corrected chi connectivity index (χ0v) is 26.6. The Kier molecular flexibility index (Phi) is 8.96. The first-order chi connectivity index (χ1) is 22.6. The van der Waals surface area contributed by atoms with Gasteiger partial charge in [0.25, 0.3) is 0 Å². The molecular weight excluding hydrogens is 622 g/mol. The standard InChI is InChI=1S/C33H35N7O6S/c1-3-16-38-22-30(41)39-28(17-23-12-14-27(15-13-23)46-47(2,44)45)32(42)37(20-26-11-7-10-25-19-35-36-31(25)26)21-29(39)40(38)33(43)34-18-24-8-5-4-6-9-24/h3-15,19,28-29H,1,16-18,20-22H2,2H3,(H,34,43)(H,35,36)/t28-,29-/m0/s1. The van der Waals surface area contributed by atoms with Crippen LogP contribution >= 0.6 is 0 Å². The Morgan fingerprint density at radius 3 is 2.55 bits per heavy atom. The van der Waals surface area contributed by atoms with Crippen LogP contribution in [0.15, 0.2) is 91.6 Å². The molecule has 47 heavy (non-hydrogen) atoms. The topological polar surface area (TPSA) is 148 Å². The smallest absolute Gasteiger partial charge is 0.334 e. The maximum absolute atomic E-state index is 14.3. The second-order valence-corrected chi connectivity index (χ2v) is 13.1. The summed E-state index contributed by atoms with van der Waals surface area (Å²) in [6.45, 7) is 4.50. The lowest BCUT2D eigenvalue weighted by Gasteiger charge is -2.55. The zero-order chi connectivity index (χ0) is 33.1. The van der Waals surface area contributed by atoms with E-state index in [9.17, 15) is 22.8 Å². The maximum atomic E-state index is 14.3. The number of hydrazine groups is 1. The van der Waals surface area contributed by atoms with Crippen LogP contribution in [0, 0.1) is 0 Å². The van der Waals surface area contributed by atoms with Crippen LogP contribution in [0.1, 0.15) is 16.7 Å². The highest BCUT2D eigenvalue weighted by Crippen LogP contribution is 2.30. The van der Waals surface area contributed by atoms with E-state index >= 15 is 0 Å². The Morgan fingerprint density at radius 1 is 1.06 bits per heavy atom. The molecule has 1 aromatic heterocycles. The summed E-state index contributed by atoms with van der Waals surface area (Å²) in [5, 5.41) is 14.2. The van der Waals surface area contributed by atoms with E-state index in [4.69, 9.17) is 4.18 Å². The molecule has 244 valence electrons. The largest absolute Gasteiger partial charge is 0.383 e. The molecule has 0 aliphatic carbocycles. The molecule has 0 radical (unpaired) electrons. The van der Waals surface area contributed by atoms with Gasteiger partial charge in [-0.2, -0.15) is 13.5 Å². The average molecular weight is 658 g/mol. The number of para-hydroxylation sites is 1. The van der Waals surface area contributed by atoms with Gasteiger partial charge in [0, 0.05) is 31.4 Å². The molecule has 3 heterocycles. The van der Waals surface area contributed by atoms with Crippen LogP contribution < -0.4 is 9.50 Å². The van der Waals surface area contributed by atoms with Crippen LogP contribution in [-0.2, 0) is 39.2 Å². The fraction of sp³-hybridized carbons (Fsp3) is 0.273. The fourth-order valence-electron chi connectivity index (χ4n) is 6.14. The van der Waals surface area contributed by atoms with Crippen molar-refractivity contribution in [3.05, 3.63) is 108 Å². The van der Waals surface area contributed by atoms with Crippen molar-refractivity contribution in [2.45, 2.75) is 31.7 Å². The van der Waals surface area contributed by atoms with E-state index in [0.717, 1.165) is 28.3 Å². The number of rotatable bonds is 10. The number of piperazine rings is 1. The van der Waals surface area contributed by atoms with Gasteiger partial charge in [0.2, 0.25) is 11.8 Å². The summed E-state index contributed by atoms with van der Waals surface area (Å²) in [6, 6.07) is 20.2. The lowest BCUT2D eigenvalue weighted by molar-refractivity contribution is -0.189. The number of amides is 4. The summed E-state index contributed by atoms with van der Waals surface area (Å²) in [5.41, 5.74) is 3.23. The molecule has 6 rings (SSSR count). The van der Waals surface area contributed by atoms with Gasteiger partial charge in [0.05, 0.1) is 31.1 Å². The van der Waals surface area contributed by atoms with E-state index < -0.39 is 28.4 Å². The molecule has 2 N–H and O–H groups in total. The second-order valence-electron chi connectivity index (χ2n) is 11.5. The van der Waals surface area contributed by atoms with E-state index in [-0.39, 0.29) is 56.7 Å². The van der Waals surface area contributed by atoms with Crippen LogP contribution in [0.3, 0.4) is 0 Å². The highest BCUT2D eigenvalue weighted by molar-refractivity contribution is 7.86. The normalized spacial score (nSPS) is 18.7. The van der Waals surface area contributed by atoms with Gasteiger partial charge in [-0.15, -0.1) is 6.58 Å². The van der Waals surface area contributed by atoms with Crippen molar-refractivity contribution in [3.63, 3.8) is 0 Å². The maximum Gasteiger partial charge on any atom is 0.334 e. The molecule has 2 aliphatic heterocycles. The number of carbonyl (C=O) groups excluding carboxylic acids is 3. The first-order valence-electron chi connectivity index (χ1n) is 15.1. The monoisotopic (exact) mass is 657 g/mol. The number of nitrogens with one attached hydrogen (secondary N) is 2. The molecule has 0 saturated carbocycles. The number of carbonyl (C=O) groups is 3. The molecule has 2 atom stereocenters. The molecule has 0 bridgehead atoms. The SMILES string of the molecule is C=CCN1CC(=O)N2[C@@H](Cc3ccc(OS(C)(=O)=O)cc3)C(=O)N(Cc3cccc4cn[nH]c34)C[C@@H]2N1C(=O)NCc1ccccc1. The van der Waals surface area contributed by atoms with Gasteiger partial charge >= 0.3 is 16.1 Å². The summed E-state index contributed by atoms with van der Waals surface area (Å²) in [4.78, 5) is 45.3. The number of benzene rings is 3. The second kappa shape index (κ2) is 13.3. The van der Waals surface area contributed by atoms with E-state index in [0.29, 0.717) is 5.56 Å². The highest BCUT2D eigenvalue weighted by atomic mass is 32.2. The van der Waals surface area contributed by atoms with E-state index in [1.807, 2.05) is 48.5 Å². The highest BCUT2D eigenvalue weighted by Gasteiger charge is 2.51. The third-order valence-corrected chi connectivity index (χ3v) is 8.68. The van der Waals surface area contributed by atoms with Crippen LogP contribution in [0.25, 0.3) is 10.9 Å². The quantitative estimate of drug-likeness (QED) is 0.195. The summed E-state index contributed by atoms with van der Waals surface area (Å²) >= 11 is 0. The molecule has 0 unspecified atom stereocenters. The Morgan fingerprint density at radius 2 is 1.83 bits per heavy atom. The van der Waals surface area contributed by atoms with Crippen molar-refractivity contribution >= 4 is 38.9 Å². The average Bonchev–Trinajstić information content (AvgIpc) is 3.53. The zero-order valence-electron chi connectivity index (χ0n) is 25.8. The van der Waals surface area contributed by atoms with Gasteiger partial charge in [-0.3, -0.25) is 14.7 Å². The van der Waals surface area contributed by atoms with Gasteiger partial charge in [-0.05, 0) is 28.8 Å². The molecule has 0 spiro atoms. The van der Waals surface area contributed by atoms with Crippen LogP contribution in [0.5, 0.6) is 5.75 Å². The summed E-state index contributed by atoms with van der Waals surface area (Å²) in [7, 11) is -3.72. The first-order valence-corrected chi connectivity index (χ1v) is 16.9. The molecule has 2 saturated heterocycles. The van der Waals surface area contributed by atoms with E-state index in [1.54, 1.807) is 34.3 Å². The Balaban J connectivity index is 1.35. The molecule has 2 fully saturated rings. The lowest BCUT2D eigenvalue weighted by atomic mass is 9.98. The molecule has 3 aromatic carbocycles. The minimum atomic E-state index is -3.72. The number of fused-ring (bicyclic) bond motifs is 2. The number of H-pyrrole nitrogens is 1. The number of aromatic nitrogens is 2. The van der Waals surface area contributed by atoms with Crippen molar-refractivity contribution in [1.82, 2.24) is 35.3 Å². The summed E-state index contributed by atoms with van der Waals surface area (Å²) < 4.78 is 28.2. The lowest BCUT2D eigenvalue weighted by Crippen LogP contribution is -2.76. The van der Waals surface area contributed by atoms with Crippen LogP contribution in [0.2, 0.25) is 0 Å². The van der Waals surface area contributed by atoms with Crippen LogP contribution in [0.4, 0.5) is 4.79 Å². The van der Waals surface area contributed by atoms with Crippen molar-refractivity contribution in [3.8, 4) is 5.75 Å². The number of nitrogens with zero attached hydrogens (tertiary/aromatic N) is 5. The van der Waals surface area contributed by atoms with Gasteiger partial charge in [-0.1, -0.05) is 66.7 Å². The van der Waals surface area contributed by atoms with Gasteiger partial charge in [-0.25, -0.2) is 14.8 Å². The number of aromatic amines is 1. The molecular formula is C33H35N7O6S. The fourth-order valence-corrected chi connectivity index (χ4v) is 6.61. The van der Waals surface area contributed by atoms with Gasteiger partial charge < -0.3 is 19.3 Å². The van der Waals surface area contributed by atoms with Crippen molar-refractivity contribution in [2.24, 2.45) is 0 Å². The predicted octanol–water partition coefficient (Wildman–Crippen LogP) is 2.64. The first kappa shape index (κ1) is 31.8. The summed E-state index contributed by atoms with van der Waals surface area (Å²) in [5.74, 6) is -0.437.